The van der Waals surface area contributed by atoms with Crippen molar-refractivity contribution in [2.45, 2.75) is 45.3 Å². The van der Waals surface area contributed by atoms with Gasteiger partial charge in [-0.05, 0) is 47.2 Å². The highest BCUT2D eigenvalue weighted by molar-refractivity contribution is 7.91. The smallest absolute Gasteiger partial charge is 0.422 e. The van der Waals surface area contributed by atoms with Gasteiger partial charge in [-0.15, -0.1) is 0 Å². The average molecular weight is 373 g/mol. The number of aryl methyl sites for hydroxylation is 1. The van der Waals surface area contributed by atoms with E-state index in [9.17, 15) is 13.2 Å². The zero-order valence-corrected chi connectivity index (χ0v) is 16.2. The van der Waals surface area contributed by atoms with Crippen LogP contribution < -0.4 is 9.03 Å². The lowest BCUT2D eigenvalue weighted by molar-refractivity contribution is 0.0570. The van der Waals surface area contributed by atoms with Gasteiger partial charge >= 0.3 is 16.3 Å². The van der Waals surface area contributed by atoms with Gasteiger partial charge in [0.1, 0.15) is 5.60 Å². The summed E-state index contributed by atoms with van der Waals surface area (Å²) in [6, 6.07) is -0.289. The first-order valence-electron chi connectivity index (χ1n) is 8.20. The molecule has 0 saturated carbocycles. The summed E-state index contributed by atoms with van der Waals surface area (Å²) in [6.07, 6.45) is 3.67. The predicted octanol–water partition coefficient (Wildman–Crippen LogP) is 1.09. The van der Waals surface area contributed by atoms with E-state index in [0.717, 1.165) is 13.0 Å². The van der Waals surface area contributed by atoms with Crippen LogP contribution in [0.1, 0.15) is 33.6 Å². The van der Waals surface area contributed by atoms with Gasteiger partial charge in [0.2, 0.25) is 0 Å². The largest absolute Gasteiger partial charge is 0.443 e. The van der Waals surface area contributed by atoms with Crippen molar-refractivity contribution in [3.63, 3.8) is 0 Å². The Labute approximate surface area is 149 Å². The van der Waals surface area contributed by atoms with E-state index in [-0.39, 0.29) is 6.04 Å². The van der Waals surface area contributed by atoms with E-state index in [2.05, 4.69) is 10.00 Å². The summed E-state index contributed by atoms with van der Waals surface area (Å²) in [5.74, 6) is 0. The summed E-state index contributed by atoms with van der Waals surface area (Å²) in [6.45, 7) is 6.51. The average Bonchev–Trinajstić information content (AvgIpc) is 2.81. The standard InChI is InChI=1S/C15H27N5O4S/c1-15(2,3)24-14(21)17-25(22,23)20(13-9-16-19(5)11-13)12-7-6-8-18(4)10-12/h9,11-12H,6-8,10H2,1-5H3,(H,17,21)/t12-/m1/s1. The number of nitrogens with one attached hydrogen (secondary N) is 1. The molecule has 25 heavy (non-hydrogen) atoms. The molecule has 0 radical (unpaired) electrons. The minimum Gasteiger partial charge on any atom is -0.443 e. The monoisotopic (exact) mass is 373 g/mol. The first kappa shape index (κ1) is 19.5. The van der Waals surface area contributed by atoms with Crippen LogP contribution in [0.25, 0.3) is 0 Å². The summed E-state index contributed by atoms with van der Waals surface area (Å²) < 4.78 is 35.7. The number of carbonyl (C=O) groups excluding carboxylic acids is 1. The highest BCUT2D eigenvalue weighted by atomic mass is 32.2. The molecule has 0 unspecified atom stereocenters. The summed E-state index contributed by atoms with van der Waals surface area (Å²) in [5.41, 5.74) is -0.372. The van der Waals surface area contributed by atoms with Gasteiger partial charge < -0.3 is 9.64 Å². The normalized spacial score (nSPS) is 19.5. The lowest BCUT2D eigenvalue weighted by Crippen LogP contribution is -2.54. The molecule has 1 N–H and O–H groups in total. The Morgan fingerprint density at radius 2 is 2.08 bits per heavy atom. The third-order valence-corrected chi connectivity index (χ3v) is 5.20. The van der Waals surface area contributed by atoms with Crippen LogP contribution in [0.15, 0.2) is 12.4 Å². The number of aromatic nitrogens is 2. The zero-order valence-electron chi connectivity index (χ0n) is 15.4. The maximum Gasteiger partial charge on any atom is 0.422 e. The summed E-state index contributed by atoms with van der Waals surface area (Å²) in [4.78, 5) is 14.1. The lowest BCUT2D eigenvalue weighted by Gasteiger charge is -2.37. The van der Waals surface area contributed by atoms with E-state index in [1.165, 1.54) is 15.2 Å². The molecule has 1 aliphatic heterocycles. The maximum atomic E-state index is 12.9. The molecule has 1 aromatic rings. The number of likely N-dealkylation sites (N-methyl/N-ethyl adjacent to an activating group) is 1. The van der Waals surface area contributed by atoms with Crippen molar-refractivity contribution in [3.05, 3.63) is 12.4 Å². The molecule has 9 nitrogen and oxygen atoms in total. The van der Waals surface area contributed by atoms with Crippen molar-refractivity contribution in [1.82, 2.24) is 19.4 Å². The van der Waals surface area contributed by atoms with Gasteiger partial charge in [-0.3, -0.25) is 4.68 Å². The molecule has 1 fully saturated rings. The molecule has 0 bridgehead atoms. The molecule has 1 aromatic heterocycles. The number of hydrogen-bond donors (Lipinski definition) is 1. The van der Waals surface area contributed by atoms with Crippen LogP contribution in [-0.2, 0) is 22.0 Å². The van der Waals surface area contributed by atoms with Gasteiger partial charge in [-0.2, -0.15) is 13.5 Å². The molecule has 1 atom stereocenters. The van der Waals surface area contributed by atoms with E-state index in [4.69, 9.17) is 4.74 Å². The highest BCUT2D eigenvalue weighted by Crippen LogP contribution is 2.25. The van der Waals surface area contributed by atoms with Crippen molar-refractivity contribution in [2.75, 3.05) is 24.4 Å². The van der Waals surface area contributed by atoms with E-state index in [1.807, 2.05) is 11.8 Å². The van der Waals surface area contributed by atoms with Gasteiger partial charge in [-0.1, -0.05) is 0 Å². The van der Waals surface area contributed by atoms with E-state index in [1.54, 1.807) is 34.0 Å². The molecule has 1 amide bonds. The second kappa shape index (κ2) is 7.20. The Balaban J connectivity index is 2.29. The fourth-order valence-corrected chi connectivity index (χ4v) is 4.14. The van der Waals surface area contributed by atoms with Crippen LogP contribution >= 0.6 is 0 Å². The zero-order chi connectivity index (χ0) is 18.8. The van der Waals surface area contributed by atoms with Crippen LogP contribution in [0.4, 0.5) is 10.5 Å². The second-order valence-corrected chi connectivity index (χ2v) is 8.88. The van der Waals surface area contributed by atoms with Crippen molar-refractivity contribution >= 4 is 22.0 Å². The molecule has 2 rings (SSSR count). The molecular formula is C15H27N5O4S. The molecule has 0 aliphatic carbocycles. The Kier molecular flexibility index (Phi) is 5.62. The Morgan fingerprint density at radius 3 is 2.60 bits per heavy atom. The number of rotatable bonds is 4. The molecule has 10 heteroatoms. The number of nitrogens with zero attached hydrogens (tertiary/aromatic N) is 4. The third-order valence-electron chi connectivity index (χ3n) is 3.75. The van der Waals surface area contributed by atoms with Gasteiger partial charge in [-0.25, -0.2) is 13.8 Å². The van der Waals surface area contributed by atoms with Crippen molar-refractivity contribution in [3.8, 4) is 0 Å². The first-order chi connectivity index (χ1) is 11.5. The van der Waals surface area contributed by atoms with Gasteiger partial charge in [0.05, 0.1) is 17.9 Å². The van der Waals surface area contributed by atoms with Gasteiger partial charge in [0.25, 0.3) is 0 Å². The number of amides is 1. The first-order valence-corrected chi connectivity index (χ1v) is 9.64. The second-order valence-electron chi connectivity index (χ2n) is 7.34. The molecule has 1 saturated heterocycles. The van der Waals surface area contributed by atoms with Gasteiger partial charge in [0.15, 0.2) is 0 Å². The van der Waals surface area contributed by atoms with Crippen LogP contribution in [0.2, 0.25) is 0 Å². The predicted molar refractivity (Wildman–Crippen MR) is 94.5 cm³/mol. The highest BCUT2D eigenvalue weighted by Gasteiger charge is 2.35. The topological polar surface area (TPSA) is 96.8 Å². The number of ether oxygens (including phenoxy) is 1. The van der Waals surface area contributed by atoms with Crippen molar-refractivity contribution in [2.24, 2.45) is 7.05 Å². The van der Waals surface area contributed by atoms with Crippen LogP contribution in [0, 0.1) is 0 Å². The Morgan fingerprint density at radius 1 is 1.40 bits per heavy atom. The number of hydrogen-bond acceptors (Lipinski definition) is 6. The number of anilines is 1. The summed E-state index contributed by atoms with van der Waals surface area (Å²) in [5, 5.41) is 4.06. The molecular weight excluding hydrogens is 346 g/mol. The maximum absolute atomic E-state index is 12.9. The van der Waals surface area contributed by atoms with Crippen molar-refractivity contribution in [1.29, 1.82) is 0 Å². The Bertz CT molecular complexity index is 710. The molecule has 1 aliphatic rings. The van der Waals surface area contributed by atoms with E-state index in [0.29, 0.717) is 18.7 Å². The number of likely N-dealkylation sites (tertiary alicyclic amines) is 1. The Hall–Kier alpha value is -1.81. The van der Waals surface area contributed by atoms with E-state index < -0.39 is 21.9 Å². The summed E-state index contributed by atoms with van der Waals surface area (Å²) in [7, 11) is -0.471. The SMILES string of the molecule is CN1CCC[C@@H](N(c2cnn(C)c2)S(=O)(=O)NC(=O)OC(C)(C)C)C1. The van der Waals surface area contributed by atoms with Crippen LogP contribution in [0.3, 0.4) is 0 Å². The third kappa shape index (κ3) is 5.33. The minimum atomic E-state index is -4.13. The van der Waals surface area contributed by atoms with Crippen LogP contribution in [-0.4, -0.2) is 61.0 Å². The molecule has 0 aromatic carbocycles. The fraction of sp³-hybridized carbons (Fsp3) is 0.733. The minimum absolute atomic E-state index is 0.289. The van der Waals surface area contributed by atoms with E-state index >= 15 is 0 Å². The molecule has 142 valence electrons. The molecule has 2 heterocycles. The quantitative estimate of drug-likeness (QED) is 0.849. The fourth-order valence-electron chi connectivity index (χ4n) is 2.85. The van der Waals surface area contributed by atoms with Gasteiger partial charge in [0, 0.05) is 19.8 Å². The number of carbonyl (C=O) groups is 1. The lowest BCUT2D eigenvalue weighted by atomic mass is 10.1. The number of piperidine rings is 1. The molecule has 0 spiro atoms. The van der Waals surface area contributed by atoms with Crippen LogP contribution in [0.5, 0.6) is 0 Å². The summed E-state index contributed by atoms with van der Waals surface area (Å²) >= 11 is 0. The van der Waals surface area contributed by atoms with Crippen molar-refractivity contribution < 1.29 is 17.9 Å².